The van der Waals surface area contributed by atoms with E-state index in [9.17, 15) is 4.79 Å². The number of carbonyl (C=O) groups is 1. The molecule has 1 amide bonds. The fourth-order valence-corrected chi connectivity index (χ4v) is 2.60. The average molecular weight is 315 g/mol. The zero-order valence-corrected chi connectivity index (χ0v) is 13.7. The second-order valence-electron chi connectivity index (χ2n) is 6.01. The van der Waals surface area contributed by atoms with Crippen LogP contribution in [0.25, 0.3) is 0 Å². The lowest BCUT2D eigenvalue weighted by molar-refractivity contribution is 0.0740. The molecule has 2 aromatic heterocycles. The minimum Gasteiger partial charge on any atom is -0.353 e. The van der Waals surface area contributed by atoms with Gasteiger partial charge in [0.1, 0.15) is 11.6 Å². The van der Waals surface area contributed by atoms with Crippen LogP contribution in [-0.4, -0.2) is 62.4 Å². The molecule has 122 valence electrons. The van der Waals surface area contributed by atoms with Gasteiger partial charge in [0.15, 0.2) is 5.69 Å². The third-order valence-electron chi connectivity index (χ3n) is 3.90. The van der Waals surface area contributed by atoms with Crippen molar-refractivity contribution in [1.82, 2.24) is 30.3 Å². The number of aromatic nitrogens is 5. The van der Waals surface area contributed by atoms with Gasteiger partial charge in [0.05, 0.1) is 6.20 Å². The predicted octanol–water partition coefficient (Wildman–Crippen LogP) is 0.989. The molecule has 8 heteroatoms. The normalized spacial score (nSPS) is 15.3. The first-order valence-corrected chi connectivity index (χ1v) is 7.80. The van der Waals surface area contributed by atoms with Gasteiger partial charge in [-0.3, -0.25) is 4.79 Å². The molecule has 1 aliphatic heterocycles. The second kappa shape index (κ2) is 6.31. The van der Waals surface area contributed by atoms with Crippen molar-refractivity contribution in [2.45, 2.75) is 26.7 Å². The van der Waals surface area contributed by atoms with Crippen molar-refractivity contribution < 1.29 is 4.79 Å². The Morgan fingerprint density at radius 3 is 2.57 bits per heavy atom. The molecule has 3 heterocycles. The molecular formula is C15H21N7O. The van der Waals surface area contributed by atoms with E-state index in [2.05, 4.69) is 44.1 Å². The van der Waals surface area contributed by atoms with Gasteiger partial charge in [-0.05, 0) is 6.92 Å². The molecule has 2 aromatic rings. The highest BCUT2D eigenvalue weighted by Crippen LogP contribution is 2.19. The van der Waals surface area contributed by atoms with Crippen LogP contribution in [0.2, 0.25) is 0 Å². The van der Waals surface area contributed by atoms with Crippen molar-refractivity contribution in [3.8, 4) is 0 Å². The summed E-state index contributed by atoms with van der Waals surface area (Å²) in [4.78, 5) is 25.4. The van der Waals surface area contributed by atoms with Crippen molar-refractivity contribution >= 4 is 11.7 Å². The quantitative estimate of drug-likeness (QED) is 0.908. The van der Waals surface area contributed by atoms with Crippen LogP contribution in [0, 0.1) is 6.92 Å². The lowest BCUT2D eigenvalue weighted by atomic mass is 10.2. The Bertz CT molecular complexity index is 675. The van der Waals surface area contributed by atoms with E-state index < -0.39 is 0 Å². The number of aryl methyl sites for hydroxylation is 1. The van der Waals surface area contributed by atoms with Crippen LogP contribution < -0.4 is 4.90 Å². The van der Waals surface area contributed by atoms with Crippen molar-refractivity contribution in [3.63, 3.8) is 0 Å². The number of nitrogens with zero attached hydrogens (tertiary/aromatic N) is 6. The molecule has 0 unspecified atom stereocenters. The summed E-state index contributed by atoms with van der Waals surface area (Å²) in [6.07, 6.45) is 1.46. The first-order chi connectivity index (χ1) is 11.0. The number of aromatic amines is 1. The molecule has 23 heavy (non-hydrogen) atoms. The molecule has 0 atom stereocenters. The molecule has 0 saturated carbocycles. The maximum atomic E-state index is 12.3. The minimum atomic E-state index is -0.0832. The first-order valence-electron chi connectivity index (χ1n) is 7.80. The number of nitrogens with one attached hydrogen (secondary N) is 1. The van der Waals surface area contributed by atoms with E-state index in [1.54, 1.807) is 4.90 Å². The Morgan fingerprint density at radius 2 is 1.96 bits per heavy atom. The van der Waals surface area contributed by atoms with Gasteiger partial charge in [0.2, 0.25) is 0 Å². The standard InChI is InChI=1S/C15H21N7O/c1-10(2)14-17-11(3)8-13(18-14)21-4-6-22(7-5-21)15(23)12-9-16-20-19-12/h8-10H,4-7H2,1-3H3,(H,16,19,20). The maximum absolute atomic E-state index is 12.3. The molecule has 0 aliphatic carbocycles. The number of carbonyl (C=O) groups excluding carboxylic acids is 1. The third kappa shape index (κ3) is 3.30. The van der Waals surface area contributed by atoms with Crippen LogP contribution in [0.1, 0.15) is 41.8 Å². The van der Waals surface area contributed by atoms with E-state index in [0.717, 1.165) is 30.4 Å². The van der Waals surface area contributed by atoms with Crippen LogP contribution in [-0.2, 0) is 0 Å². The molecule has 1 N–H and O–H groups in total. The Hall–Kier alpha value is -2.51. The SMILES string of the molecule is Cc1cc(N2CCN(C(=O)c3cn[nH]n3)CC2)nc(C(C)C)n1. The second-order valence-corrected chi connectivity index (χ2v) is 6.01. The molecule has 1 saturated heterocycles. The van der Waals surface area contributed by atoms with E-state index in [1.165, 1.54) is 6.20 Å². The molecule has 0 bridgehead atoms. The molecule has 1 fully saturated rings. The van der Waals surface area contributed by atoms with Gasteiger partial charge in [-0.2, -0.15) is 15.4 Å². The van der Waals surface area contributed by atoms with Crippen molar-refractivity contribution in [2.24, 2.45) is 0 Å². The molecule has 3 rings (SSSR count). The number of H-pyrrole nitrogens is 1. The zero-order chi connectivity index (χ0) is 16.4. The fraction of sp³-hybridized carbons (Fsp3) is 0.533. The smallest absolute Gasteiger partial charge is 0.276 e. The number of hydrogen-bond donors (Lipinski definition) is 1. The fourth-order valence-electron chi connectivity index (χ4n) is 2.60. The maximum Gasteiger partial charge on any atom is 0.276 e. The van der Waals surface area contributed by atoms with Gasteiger partial charge in [0.25, 0.3) is 5.91 Å². The Labute approximate surface area is 134 Å². The minimum absolute atomic E-state index is 0.0832. The summed E-state index contributed by atoms with van der Waals surface area (Å²) in [5.41, 5.74) is 1.33. The van der Waals surface area contributed by atoms with Gasteiger partial charge in [-0.15, -0.1) is 0 Å². The van der Waals surface area contributed by atoms with E-state index >= 15 is 0 Å². The Kier molecular flexibility index (Phi) is 4.22. The van der Waals surface area contributed by atoms with Crippen molar-refractivity contribution in [1.29, 1.82) is 0 Å². The van der Waals surface area contributed by atoms with Crippen LogP contribution in [0.5, 0.6) is 0 Å². The predicted molar refractivity (Wildman–Crippen MR) is 85.4 cm³/mol. The zero-order valence-electron chi connectivity index (χ0n) is 13.7. The summed E-state index contributed by atoms with van der Waals surface area (Å²) in [7, 11) is 0. The van der Waals surface area contributed by atoms with Crippen molar-refractivity contribution in [2.75, 3.05) is 31.1 Å². The molecule has 1 aliphatic rings. The van der Waals surface area contributed by atoms with Gasteiger partial charge in [-0.1, -0.05) is 13.8 Å². The van der Waals surface area contributed by atoms with Crippen LogP contribution in [0.15, 0.2) is 12.3 Å². The topological polar surface area (TPSA) is 90.9 Å². The third-order valence-corrected chi connectivity index (χ3v) is 3.90. The lowest BCUT2D eigenvalue weighted by Gasteiger charge is -2.35. The highest BCUT2D eigenvalue weighted by Gasteiger charge is 2.24. The number of anilines is 1. The van der Waals surface area contributed by atoms with Crippen LogP contribution >= 0.6 is 0 Å². The van der Waals surface area contributed by atoms with Gasteiger partial charge < -0.3 is 9.80 Å². The van der Waals surface area contributed by atoms with Gasteiger partial charge in [-0.25, -0.2) is 9.97 Å². The summed E-state index contributed by atoms with van der Waals surface area (Å²) in [6, 6.07) is 2.00. The molecule has 0 aromatic carbocycles. The average Bonchev–Trinajstić information content (AvgIpc) is 3.08. The summed E-state index contributed by atoms with van der Waals surface area (Å²) in [6.45, 7) is 8.95. The monoisotopic (exact) mass is 315 g/mol. The van der Waals surface area contributed by atoms with E-state index in [1.807, 2.05) is 13.0 Å². The highest BCUT2D eigenvalue weighted by atomic mass is 16.2. The summed E-state index contributed by atoms with van der Waals surface area (Å²) < 4.78 is 0. The largest absolute Gasteiger partial charge is 0.353 e. The number of rotatable bonds is 3. The Balaban J connectivity index is 1.68. The van der Waals surface area contributed by atoms with E-state index in [0.29, 0.717) is 24.7 Å². The van der Waals surface area contributed by atoms with Gasteiger partial charge in [0, 0.05) is 43.9 Å². The van der Waals surface area contributed by atoms with Crippen LogP contribution in [0.4, 0.5) is 5.82 Å². The number of piperazine rings is 1. The lowest BCUT2D eigenvalue weighted by Crippen LogP contribution is -2.49. The van der Waals surface area contributed by atoms with Crippen LogP contribution in [0.3, 0.4) is 0 Å². The number of hydrogen-bond acceptors (Lipinski definition) is 6. The molecule has 0 spiro atoms. The Morgan fingerprint density at radius 1 is 1.22 bits per heavy atom. The first kappa shape index (κ1) is 15.4. The summed E-state index contributed by atoms with van der Waals surface area (Å²) in [5, 5.41) is 10.0. The molecule has 8 nitrogen and oxygen atoms in total. The van der Waals surface area contributed by atoms with E-state index in [4.69, 9.17) is 0 Å². The van der Waals surface area contributed by atoms with Crippen molar-refractivity contribution in [3.05, 3.63) is 29.5 Å². The highest BCUT2D eigenvalue weighted by molar-refractivity contribution is 5.92. The molecule has 0 radical (unpaired) electrons. The summed E-state index contributed by atoms with van der Waals surface area (Å²) >= 11 is 0. The van der Waals surface area contributed by atoms with E-state index in [-0.39, 0.29) is 5.91 Å². The van der Waals surface area contributed by atoms with Gasteiger partial charge >= 0.3 is 0 Å². The molecular weight excluding hydrogens is 294 g/mol. The number of amides is 1. The summed E-state index contributed by atoms with van der Waals surface area (Å²) in [5.74, 6) is 2.01.